The number of benzene rings is 4. The quantitative estimate of drug-likeness (QED) is 0.0496. The summed E-state index contributed by atoms with van der Waals surface area (Å²) in [5.74, 6) is -1.23. The van der Waals surface area contributed by atoms with Crippen molar-refractivity contribution < 1.29 is 58.2 Å². The molecule has 18 nitrogen and oxygen atoms in total. The van der Waals surface area contributed by atoms with Crippen molar-refractivity contribution in [2.45, 2.75) is 256 Å². The molecule has 0 bridgehead atoms. The van der Waals surface area contributed by atoms with E-state index in [-0.39, 0.29) is 127 Å². The number of β-amino-alcohol motifs (C(OH)–C–C–N with tert-alkyl or cyclic N) is 2. The molecule has 4 aromatic carbocycles. The Morgan fingerprint density at radius 2 is 0.991 bits per heavy atom. The third-order valence-electron chi connectivity index (χ3n) is 23.2. The van der Waals surface area contributed by atoms with Crippen LogP contribution < -0.4 is 10.6 Å². The molecule has 2 unspecified atom stereocenters. The Hall–Kier alpha value is -8.82. The molecule has 0 saturated carbocycles. The molecule has 113 heavy (non-hydrogen) atoms. The van der Waals surface area contributed by atoms with Crippen molar-refractivity contribution >= 4 is 81.2 Å². The summed E-state index contributed by atoms with van der Waals surface area (Å²) >= 11 is 3.44. The van der Waals surface area contributed by atoms with Crippen LogP contribution in [0, 0.1) is 48.3 Å². The monoisotopic (exact) mass is 1580 g/mol. The van der Waals surface area contributed by atoms with Crippen LogP contribution in [0.5, 0.6) is 0 Å². The molecule has 12 rings (SSSR count). The average molecular weight is 1580 g/mol. The van der Waals surface area contributed by atoms with Crippen molar-refractivity contribution in [3.8, 4) is 20.9 Å². The number of nitrogens with zero attached hydrogens (tertiary/aromatic N) is 4. The Bertz CT molecular complexity index is 4510. The van der Waals surface area contributed by atoms with E-state index in [0.29, 0.717) is 57.0 Å². The van der Waals surface area contributed by atoms with Gasteiger partial charge in [0.25, 0.3) is 11.8 Å². The number of piperidine rings is 2. The molecule has 4 saturated heterocycles. The van der Waals surface area contributed by atoms with Gasteiger partial charge in [-0.1, -0.05) is 190 Å². The van der Waals surface area contributed by atoms with Gasteiger partial charge in [0.15, 0.2) is 11.6 Å². The minimum absolute atomic E-state index is 0.00777. The predicted octanol–water partition coefficient (Wildman–Crippen LogP) is 16.6. The van der Waals surface area contributed by atoms with Crippen LogP contribution in [0.1, 0.15) is 251 Å². The summed E-state index contributed by atoms with van der Waals surface area (Å²) < 4.78 is 0. The number of thiophene rings is 2. The molecule has 6 aliphatic rings. The minimum Gasteiger partial charge on any atom is -0.391 e. The summed E-state index contributed by atoms with van der Waals surface area (Å²) in [6.45, 7) is 42.7. The van der Waals surface area contributed by atoms with E-state index in [1.54, 1.807) is 42.3 Å². The number of fused-ring (bicyclic) bond motifs is 2. The SMILES string of the molecule is C=C1CCC(N2Cc3c(cccc3C(C)C)C2=O)C(=O)N1.C=C1CCC(N2Cc3cc(C(C)C)ccc3C2=O)C(=O)N1.Cc1ccsc1-c1ccc(CCC(=O)[C@@H]2C[C@@H](O)CN2C(=O)[C@@H](CC(=O)C(C)C)C(C)(C)C)cc1.Cc1ccsc1-c1ccc([C@H](C)CC(=O)[C@@H]2C[C@@H](O)CN2C(=O)[C@@H](CC(=O)C(C)C)C(C)(C)C)cc1. The molecule has 8 heterocycles. The Balaban J connectivity index is 0.000000178. The van der Waals surface area contributed by atoms with Gasteiger partial charge in [0.1, 0.15) is 23.7 Å². The maximum Gasteiger partial charge on any atom is 0.255 e. The van der Waals surface area contributed by atoms with Crippen molar-refractivity contribution in [3.05, 3.63) is 188 Å². The normalized spacial score (nSPS) is 20.4. The summed E-state index contributed by atoms with van der Waals surface area (Å²) in [5.41, 5.74) is 13.6. The summed E-state index contributed by atoms with van der Waals surface area (Å²) in [6, 6.07) is 30.7. The first-order valence-electron chi connectivity index (χ1n) is 40.3. The molecule has 4 N–H and O–H groups in total. The Morgan fingerprint density at radius 1 is 0.540 bits per heavy atom. The summed E-state index contributed by atoms with van der Waals surface area (Å²) in [5, 5.41) is 30.4. The van der Waals surface area contributed by atoms with Gasteiger partial charge in [-0.3, -0.25) is 47.9 Å². The lowest BCUT2D eigenvalue weighted by atomic mass is 9.75. The van der Waals surface area contributed by atoms with E-state index in [1.165, 1.54) is 43.1 Å². The maximum absolute atomic E-state index is 13.7. The molecular weight excluding hydrogens is 1460 g/mol. The molecule has 9 atom stereocenters. The van der Waals surface area contributed by atoms with Crippen LogP contribution in [0.15, 0.2) is 132 Å². The standard InChI is InChI=1S/C30H41NO4S.C29H39NO4S.2C17H20N2O2/c1-18(2)26(33)16-24(30(5,6)7)29(35)31-17-23(32)15-25(31)27(34)14-20(4)21-8-10-22(11-9-21)28-19(3)12-13-36-28;1-18(2)26(33)16-23(29(4,5)6)28(34)30-17-22(31)15-24(30)25(32)12-9-20-7-10-21(11-8-20)27-19(3)13-14-35-27;1-10(2)12-5-6-14-13(8-12)9-19(17(14)21)15-7-4-11(3)18-16(15)20;1-10(2)12-5-4-6-13-14(12)9-19(17(13)21)15-8-7-11(3)18-16(15)20/h8-13,18,20,23-25,32H,14-17H2,1-7H3;7-8,10-11,13-14,18,22-24,31H,9,12,15-17H2,1-6H3;5-6,8,10,15H,3-4,7,9H2,1-2H3,(H,18,20);4-6,10,15H,3,7-9H2,1-2H3,(H,18,20)/t20-,23-,24-,25+;22-,23-,24+;;/m11../s1. The fourth-order valence-corrected chi connectivity index (χ4v) is 17.8. The van der Waals surface area contributed by atoms with Crippen molar-refractivity contribution in [2.24, 2.45) is 34.5 Å². The summed E-state index contributed by atoms with van der Waals surface area (Å²) in [6.07, 6.45) is 3.33. The van der Waals surface area contributed by atoms with Gasteiger partial charge in [-0.05, 0) is 165 Å². The number of hydrogen-bond donors (Lipinski definition) is 4. The first-order chi connectivity index (χ1) is 53.1. The van der Waals surface area contributed by atoms with Gasteiger partial charge >= 0.3 is 0 Å². The maximum atomic E-state index is 13.7. The first-order valence-corrected chi connectivity index (χ1v) is 42.1. The van der Waals surface area contributed by atoms with E-state index < -0.39 is 47.0 Å². The van der Waals surface area contributed by atoms with E-state index in [0.717, 1.165) is 57.6 Å². The highest BCUT2D eigenvalue weighted by Gasteiger charge is 2.47. The minimum atomic E-state index is -0.729. The molecule has 2 aromatic heterocycles. The topological polar surface area (TPSA) is 248 Å². The summed E-state index contributed by atoms with van der Waals surface area (Å²) in [4.78, 5) is 137. The smallest absolute Gasteiger partial charge is 0.255 e. The largest absolute Gasteiger partial charge is 0.391 e. The fraction of sp³-hybridized carbons (Fsp3) is 0.505. The van der Waals surface area contributed by atoms with Crippen LogP contribution in [-0.2, 0) is 57.9 Å². The molecule has 0 radical (unpaired) electrons. The number of hydrogen-bond acceptors (Lipinski definition) is 14. The van der Waals surface area contributed by atoms with Crippen molar-refractivity contribution in [2.75, 3.05) is 13.1 Å². The molecule has 4 fully saturated rings. The highest BCUT2D eigenvalue weighted by molar-refractivity contribution is 7.14. The lowest BCUT2D eigenvalue weighted by Crippen LogP contribution is -2.49. The number of carbonyl (C=O) groups excluding carboxylic acids is 10. The van der Waals surface area contributed by atoms with E-state index in [9.17, 15) is 58.2 Å². The number of aliphatic hydroxyl groups excluding tert-OH is 2. The van der Waals surface area contributed by atoms with Crippen molar-refractivity contribution in [1.82, 2.24) is 30.2 Å². The number of amides is 6. The molecular formula is C93H120N6O12S2. The Morgan fingerprint density at radius 3 is 1.42 bits per heavy atom. The van der Waals surface area contributed by atoms with Gasteiger partial charge in [0.05, 0.1) is 24.3 Å². The molecule has 6 amide bonds. The third kappa shape index (κ3) is 21.6. The van der Waals surface area contributed by atoms with Gasteiger partial charge in [-0.2, -0.15) is 0 Å². The number of likely N-dealkylation sites (tertiary alicyclic amines) is 2. The van der Waals surface area contributed by atoms with Crippen LogP contribution >= 0.6 is 22.7 Å². The zero-order valence-electron chi connectivity index (χ0n) is 69.5. The van der Waals surface area contributed by atoms with E-state index in [4.69, 9.17) is 0 Å². The molecule has 20 heteroatoms. The first kappa shape index (κ1) is 88.1. The number of aryl methyl sites for hydroxylation is 3. The second kappa shape index (κ2) is 37.6. The van der Waals surface area contributed by atoms with Gasteiger partial charge in [-0.15, -0.1) is 22.7 Å². The van der Waals surface area contributed by atoms with Crippen LogP contribution in [-0.4, -0.2) is 138 Å². The van der Waals surface area contributed by atoms with Gasteiger partial charge in [0.2, 0.25) is 23.6 Å². The predicted molar refractivity (Wildman–Crippen MR) is 449 cm³/mol. The van der Waals surface area contributed by atoms with E-state index >= 15 is 0 Å². The van der Waals surface area contributed by atoms with Crippen molar-refractivity contribution in [3.63, 3.8) is 0 Å². The summed E-state index contributed by atoms with van der Waals surface area (Å²) in [7, 11) is 0. The number of allylic oxidation sites excluding steroid dienone is 2. The third-order valence-corrected chi connectivity index (χ3v) is 25.3. The molecule has 6 aromatic rings. The Labute approximate surface area is 677 Å². The molecule has 0 spiro atoms. The number of rotatable bonds is 22. The van der Waals surface area contributed by atoms with Crippen LogP contribution in [0.4, 0.5) is 0 Å². The number of Topliss-reactive ketones (excluding diaryl/α,β-unsaturated/α-hetero) is 4. The van der Waals surface area contributed by atoms with Crippen molar-refractivity contribution in [1.29, 1.82) is 0 Å². The zero-order chi connectivity index (χ0) is 83.0. The average Bonchev–Trinajstić information content (AvgIpc) is 1.62. The van der Waals surface area contributed by atoms with E-state index in [1.807, 2.05) is 100 Å². The fourth-order valence-electron chi connectivity index (χ4n) is 15.9. The van der Waals surface area contributed by atoms with Gasteiger partial charge in [-0.25, -0.2) is 0 Å². The van der Waals surface area contributed by atoms with Crippen LogP contribution in [0.2, 0.25) is 0 Å². The second-order valence-corrected chi connectivity index (χ2v) is 37.1. The number of nitrogens with one attached hydrogen (secondary N) is 2. The van der Waals surface area contributed by atoms with Gasteiger partial charge < -0.3 is 40.4 Å². The van der Waals surface area contributed by atoms with E-state index in [2.05, 4.69) is 149 Å². The van der Waals surface area contributed by atoms with Crippen LogP contribution in [0.3, 0.4) is 0 Å². The molecule has 6 aliphatic heterocycles. The van der Waals surface area contributed by atoms with Gasteiger partial charge in [0, 0.05) is 121 Å². The Kier molecular flexibility index (Phi) is 29.4. The lowest BCUT2D eigenvalue weighted by Gasteiger charge is -2.35. The second-order valence-electron chi connectivity index (χ2n) is 35.3. The number of aliphatic hydroxyl groups is 2. The number of ketones is 4. The lowest BCUT2D eigenvalue weighted by molar-refractivity contribution is -0.146. The zero-order valence-corrected chi connectivity index (χ0v) is 71.1. The highest BCUT2D eigenvalue weighted by Crippen LogP contribution is 2.40. The highest BCUT2D eigenvalue weighted by atomic mass is 32.1. The molecule has 606 valence electrons. The molecule has 0 aliphatic carbocycles. The van der Waals surface area contributed by atoms with Crippen LogP contribution in [0.25, 0.3) is 20.9 Å². The number of carbonyl (C=O) groups is 10.